The average Bonchev–Trinajstić information content (AvgIpc) is 2.28. The summed E-state index contributed by atoms with van der Waals surface area (Å²) in [6.07, 6.45) is 1.87. The van der Waals surface area contributed by atoms with Crippen molar-refractivity contribution in [3.05, 3.63) is 67.0 Å². The molecule has 4 heteroatoms. The largest absolute Gasteiger partial charge is 0.310 e. The summed E-state index contributed by atoms with van der Waals surface area (Å²) in [6.45, 7) is 2.56. The molecule has 0 N–H and O–H groups in total. The van der Waals surface area contributed by atoms with Crippen molar-refractivity contribution in [1.82, 2.24) is 4.57 Å². The zero-order valence-electron chi connectivity index (χ0n) is 9.28. The van der Waals surface area contributed by atoms with Gasteiger partial charge in [-0.05, 0) is 52.2 Å². The summed E-state index contributed by atoms with van der Waals surface area (Å²) in [5.41, 5.74) is 2.17. The third-order valence-electron chi connectivity index (χ3n) is 2.45. The summed E-state index contributed by atoms with van der Waals surface area (Å²) in [5, 5.41) is 0. The van der Waals surface area contributed by atoms with Gasteiger partial charge in [-0.1, -0.05) is 28.1 Å². The fourth-order valence-corrected chi connectivity index (χ4v) is 2.50. The molecule has 0 fully saturated rings. The highest BCUT2D eigenvalue weighted by Crippen LogP contribution is 2.12. The molecule has 0 saturated carbocycles. The Kier molecular flexibility index (Phi) is 3.84. The predicted octanol–water partition coefficient (Wildman–Crippen LogP) is 3.73. The van der Waals surface area contributed by atoms with Crippen LogP contribution >= 0.6 is 31.9 Å². The fraction of sp³-hybridized carbons (Fsp3) is 0.154. The normalized spacial score (nSPS) is 10.5. The maximum Gasteiger partial charge on any atom is 0.265 e. The number of nitrogens with zero attached hydrogens (tertiary/aromatic N) is 1. The van der Waals surface area contributed by atoms with Crippen LogP contribution in [-0.4, -0.2) is 4.57 Å². The molecule has 0 aliphatic carbocycles. The van der Waals surface area contributed by atoms with Gasteiger partial charge in [0.1, 0.15) is 0 Å². The Morgan fingerprint density at radius 1 is 1.18 bits per heavy atom. The van der Waals surface area contributed by atoms with Gasteiger partial charge in [0.2, 0.25) is 0 Å². The molecule has 1 aromatic heterocycles. The molecule has 2 nitrogen and oxygen atoms in total. The molecule has 88 valence electrons. The summed E-state index contributed by atoms with van der Waals surface area (Å²) < 4.78 is 3.36. The van der Waals surface area contributed by atoms with Crippen LogP contribution in [0.4, 0.5) is 0 Å². The van der Waals surface area contributed by atoms with Crippen LogP contribution in [0, 0.1) is 6.92 Å². The Hall–Kier alpha value is -0.870. The molecule has 2 aromatic rings. The lowest BCUT2D eigenvalue weighted by Crippen LogP contribution is -2.21. The molecule has 0 aliphatic rings. The number of hydrogen-bond donors (Lipinski definition) is 0. The van der Waals surface area contributed by atoms with Crippen molar-refractivity contribution in [3.63, 3.8) is 0 Å². The van der Waals surface area contributed by atoms with Crippen LogP contribution < -0.4 is 5.56 Å². The Morgan fingerprint density at radius 2 is 1.82 bits per heavy atom. The molecular formula is C13H11Br2NO. The second-order valence-electron chi connectivity index (χ2n) is 3.92. The van der Waals surface area contributed by atoms with Crippen molar-refractivity contribution in [2.75, 3.05) is 0 Å². The molecule has 0 bridgehead atoms. The van der Waals surface area contributed by atoms with Crippen molar-refractivity contribution >= 4 is 31.9 Å². The molecule has 1 heterocycles. The van der Waals surface area contributed by atoms with Gasteiger partial charge in [0.05, 0.1) is 11.0 Å². The van der Waals surface area contributed by atoms with E-state index in [1.54, 1.807) is 4.57 Å². The molecule has 0 spiro atoms. The molecule has 0 radical (unpaired) electrons. The molecule has 0 aliphatic heterocycles. The predicted molar refractivity (Wildman–Crippen MR) is 76.4 cm³/mol. The number of pyridine rings is 1. The van der Waals surface area contributed by atoms with Gasteiger partial charge < -0.3 is 4.57 Å². The number of aromatic nitrogens is 1. The van der Waals surface area contributed by atoms with E-state index in [9.17, 15) is 4.79 Å². The maximum absolute atomic E-state index is 11.9. The first-order chi connectivity index (χ1) is 8.06. The molecular weight excluding hydrogens is 346 g/mol. The van der Waals surface area contributed by atoms with E-state index in [-0.39, 0.29) is 5.56 Å². The number of rotatable bonds is 2. The molecule has 17 heavy (non-hydrogen) atoms. The first kappa shape index (κ1) is 12.6. The Bertz CT molecular complexity index is 587. The van der Waals surface area contributed by atoms with Gasteiger partial charge in [0.15, 0.2) is 0 Å². The first-order valence-electron chi connectivity index (χ1n) is 5.17. The number of halogens is 2. The Labute approximate surface area is 117 Å². The summed E-state index contributed by atoms with van der Waals surface area (Å²) in [5.74, 6) is 0. The van der Waals surface area contributed by atoms with Crippen LogP contribution in [0.1, 0.15) is 11.1 Å². The molecule has 0 saturated heterocycles. The van der Waals surface area contributed by atoms with Gasteiger partial charge in [-0.25, -0.2) is 0 Å². The fourth-order valence-electron chi connectivity index (χ4n) is 1.64. The van der Waals surface area contributed by atoms with E-state index >= 15 is 0 Å². The van der Waals surface area contributed by atoms with Gasteiger partial charge >= 0.3 is 0 Å². The van der Waals surface area contributed by atoms with Crippen molar-refractivity contribution in [1.29, 1.82) is 0 Å². The summed E-state index contributed by atoms with van der Waals surface area (Å²) >= 11 is 6.67. The third-order valence-corrected chi connectivity index (χ3v) is 3.54. The molecule has 0 atom stereocenters. The number of hydrogen-bond acceptors (Lipinski definition) is 1. The lowest BCUT2D eigenvalue weighted by atomic mass is 10.2. The SMILES string of the molecule is Cc1cc(Br)c(=O)n(Cc2ccc(Br)cc2)c1. The highest BCUT2D eigenvalue weighted by molar-refractivity contribution is 9.10. The molecule has 2 rings (SSSR count). The standard InChI is InChI=1S/C13H11Br2NO/c1-9-6-12(15)13(17)16(7-9)8-10-2-4-11(14)5-3-10/h2-7H,8H2,1H3. The van der Waals surface area contributed by atoms with E-state index in [1.807, 2.05) is 43.5 Å². The minimum absolute atomic E-state index is 0.00137. The smallest absolute Gasteiger partial charge is 0.265 e. The monoisotopic (exact) mass is 355 g/mol. The summed E-state index contributed by atoms with van der Waals surface area (Å²) in [4.78, 5) is 11.9. The van der Waals surface area contributed by atoms with E-state index in [0.717, 1.165) is 15.6 Å². The van der Waals surface area contributed by atoms with Crippen LogP contribution in [0.5, 0.6) is 0 Å². The summed E-state index contributed by atoms with van der Waals surface area (Å²) in [7, 11) is 0. The van der Waals surface area contributed by atoms with E-state index in [4.69, 9.17) is 0 Å². The van der Waals surface area contributed by atoms with Crippen molar-refractivity contribution in [3.8, 4) is 0 Å². The number of aryl methyl sites for hydroxylation is 1. The quantitative estimate of drug-likeness (QED) is 0.803. The third kappa shape index (κ3) is 3.07. The van der Waals surface area contributed by atoms with Crippen LogP contribution in [0.3, 0.4) is 0 Å². The van der Waals surface area contributed by atoms with Gasteiger partial charge in [0.25, 0.3) is 5.56 Å². The van der Waals surface area contributed by atoms with Crippen molar-refractivity contribution in [2.45, 2.75) is 13.5 Å². The maximum atomic E-state index is 11.9. The highest BCUT2D eigenvalue weighted by Gasteiger charge is 2.03. The minimum atomic E-state index is -0.00137. The Balaban J connectivity index is 2.36. The Morgan fingerprint density at radius 3 is 2.47 bits per heavy atom. The van der Waals surface area contributed by atoms with Gasteiger partial charge in [-0.15, -0.1) is 0 Å². The highest BCUT2D eigenvalue weighted by atomic mass is 79.9. The van der Waals surface area contributed by atoms with E-state index < -0.39 is 0 Å². The molecule has 0 unspecified atom stereocenters. The van der Waals surface area contributed by atoms with Crippen LogP contribution in [-0.2, 0) is 6.54 Å². The van der Waals surface area contributed by atoms with Crippen molar-refractivity contribution < 1.29 is 0 Å². The zero-order chi connectivity index (χ0) is 12.4. The lowest BCUT2D eigenvalue weighted by molar-refractivity contribution is 0.750. The summed E-state index contributed by atoms with van der Waals surface area (Å²) in [6, 6.07) is 9.80. The topological polar surface area (TPSA) is 22.0 Å². The van der Waals surface area contributed by atoms with E-state index in [1.165, 1.54) is 0 Å². The van der Waals surface area contributed by atoms with E-state index in [0.29, 0.717) is 11.0 Å². The van der Waals surface area contributed by atoms with Gasteiger partial charge in [-0.2, -0.15) is 0 Å². The minimum Gasteiger partial charge on any atom is -0.310 e. The lowest BCUT2D eigenvalue weighted by Gasteiger charge is -2.08. The number of benzene rings is 1. The average molecular weight is 357 g/mol. The molecule has 0 amide bonds. The van der Waals surface area contributed by atoms with Gasteiger partial charge in [-0.3, -0.25) is 4.79 Å². The van der Waals surface area contributed by atoms with Gasteiger partial charge in [0, 0.05) is 10.7 Å². The molecule has 1 aromatic carbocycles. The van der Waals surface area contributed by atoms with Crippen LogP contribution in [0.2, 0.25) is 0 Å². The van der Waals surface area contributed by atoms with Crippen LogP contribution in [0.15, 0.2) is 50.3 Å². The van der Waals surface area contributed by atoms with Crippen LogP contribution in [0.25, 0.3) is 0 Å². The second-order valence-corrected chi connectivity index (χ2v) is 5.69. The second kappa shape index (κ2) is 5.19. The first-order valence-corrected chi connectivity index (χ1v) is 6.76. The zero-order valence-corrected chi connectivity index (χ0v) is 12.5. The van der Waals surface area contributed by atoms with E-state index in [2.05, 4.69) is 31.9 Å². The van der Waals surface area contributed by atoms with Crippen molar-refractivity contribution in [2.24, 2.45) is 0 Å².